The minimum absolute atomic E-state index is 0.314. The van der Waals surface area contributed by atoms with Crippen molar-refractivity contribution in [3.8, 4) is 5.00 Å². The number of rotatable bonds is 1. The van der Waals surface area contributed by atoms with Crippen molar-refractivity contribution in [1.29, 1.82) is 0 Å². The first kappa shape index (κ1) is 8.00. The van der Waals surface area contributed by atoms with Crippen LogP contribution in [0.3, 0.4) is 0 Å². The van der Waals surface area contributed by atoms with Crippen molar-refractivity contribution in [2.24, 2.45) is 0 Å². The van der Waals surface area contributed by atoms with E-state index in [1.807, 2.05) is 5.38 Å². The van der Waals surface area contributed by atoms with Crippen molar-refractivity contribution in [3.63, 3.8) is 0 Å². The Balaban J connectivity index is 2.79. The number of nitrogens with one attached hydrogen (secondary N) is 1. The predicted octanol–water partition coefficient (Wildman–Crippen LogP) is 0.587. The van der Waals surface area contributed by atoms with E-state index in [4.69, 9.17) is 0 Å². The van der Waals surface area contributed by atoms with Gasteiger partial charge in [-0.1, -0.05) is 0 Å². The van der Waals surface area contributed by atoms with Crippen LogP contribution in [-0.4, -0.2) is 9.55 Å². The van der Waals surface area contributed by atoms with Gasteiger partial charge in [0.2, 0.25) is 0 Å². The maximum absolute atomic E-state index is 11.3. The molecule has 0 aliphatic rings. The Bertz CT molecular complexity index is 481. The third-order valence-electron chi connectivity index (χ3n) is 1.58. The molecular formula is C8H6N2O2S. The van der Waals surface area contributed by atoms with Crippen LogP contribution in [0.15, 0.2) is 39.4 Å². The summed E-state index contributed by atoms with van der Waals surface area (Å²) in [6.07, 6.45) is 1.34. The van der Waals surface area contributed by atoms with E-state index < -0.39 is 5.69 Å². The van der Waals surface area contributed by atoms with Crippen LogP contribution in [0, 0.1) is 0 Å². The molecule has 4 nitrogen and oxygen atoms in total. The molecule has 5 heteroatoms. The van der Waals surface area contributed by atoms with Crippen molar-refractivity contribution >= 4 is 11.3 Å². The molecule has 0 aromatic carbocycles. The summed E-state index contributed by atoms with van der Waals surface area (Å²) < 4.78 is 1.10. The highest BCUT2D eigenvalue weighted by atomic mass is 32.1. The Morgan fingerprint density at radius 3 is 2.77 bits per heavy atom. The number of H-pyrrole nitrogens is 1. The summed E-state index contributed by atoms with van der Waals surface area (Å²) in [5, 5.41) is 2.45. The lowest BCUT2D eigenvalue weighted by Crippen LogP contribution is -2.31. The van der Waals surface area contributed by atoms with E-state index in [1.54, 1.807) is 12.1 Å². The summed E-state index contributed by atoms with van der Waals surface area (Å²) in [6, 6.07) is 4.83. The second-order valence-corrected chi connectivity index (χ2v) is 3.33. The third-order valence-corrected chi connectivity index (χ3v) is 2.44. The first-order valence-electron chi connectivity index (χ1n) is 3.63. The number of thiophene rings is 1. The first-order valence-corrected chi connectivity index (χ1v) is 4.51. The zero-order valence-corrected chi connectivity index (χ0v) is 7.38. The maximum atomic E-state index is 11.3. The highest BCUT2D eigenvalue weighted by Crippen LogP contribution is 2.09. The van der Waals surface area contributed by atoms with E-state index >= 15 is 0 Å². The average molecular weight is 194 g/mol. The molecule has 0 spiro atoms. The van der Waals surface area contributed by atoms with Gasteiger partial charge in [0.15, 0.2) is 0 Å². The normalized spacial score (nSPS) is 10.2. The molecule has 2 aromatic heterocycles. The summed E-state index contributed by atoms with van der Waals surface area (Å²) in [5.41, 5.74) is -0.721. The fourth-order valence-corrected chi connectivity index (χ4v) is 1.76. The summed E-state index contributed by atoms with van der Waals surface area (Å²) in [4.78, 5) is 25.0. The van der Waals surface area contributed by atoms with Crippen molar-refractivity contribution in [2.75, 3.05) is 0 Å². The number of aromatic amines is 1. The molecule has 1 N–H and O–H groups in total. The monoisotopic (exact) mass is 194 g/mol. The molecule has 2 aromatic rings. The van der Waals surface area contributed by atoms with Crippen LogP contribution < -0.4 is 11.2 Å². The van der Waals surface area contributed by atoms with E-state index in [9.17, 15) is 9.59 Å². The lowest BCUT2D eigenvalue weighted by Gasteiger charge is -1.97. The van der Waals surface area contributed by atoms with Gasteiger partial charge < -0.3 is 4.98 Å². The first-order chi connectivity index (χ1) is 6.29. The Hall–Kier alpha value is -1.62. The zero-order valence-electron chi connectivity index (χ0n) is 6.56. The van der Waals surface area contributed by atoms with Crippen LogP contribution in [0.1, 0.15) is 0 Å². The van der Waals surface area contributed by atoms with Gasteiger partial charge in [0.05, 0.1) is 0 Å². The molecule has 0 amide bonds. The lowest BCUT2D eigenvalue weighted by atomic mass is 10.6. The molecule has 0 aliphatic heterocycles. The minimum atomic E-state index is -0.407. The van der Waals surface area contributed by atoms with E-state index in [0.717, 1.165) is 4.57 Å². The molecule has 0 aliphatic carbocycles. The molecular weight excluding hydrogens is 188 g/mol. The van der Waals surface area contributed by atoms with Gasteiger partial charge in [-0.15, -0.1) is 11.3 Å². The Morgan fingerprint density at radius 2 is 2.15 bits per heavy atom. The largest absolute Gasteiger partial charge is 0.333 e. The molecule has 2 heterocycles. The summed E-state index contributed by atoms with van der Waals surface area (Å²) in [5.74, 6) is 0. The number of aromatic nitrogens is 2. The van der Waals surface area contributed by atoms with Crippen molar-refractivity contribution < 1.29 is 0 Å². The number of hydrogen-bond acceptors (Lipinski definition) is 3. The van der Waals surface area contributed by atoms with Gasteiger partial charge in [-0.2, -0.15) is 0 Å². The molecule has 0 bridgehead atoms. The minimum Gasteiger partial charge on any atom is -0.314 e. The predicted molar refractivity (Wildman–Crippen MR) is 50.5 cm³/mol. The fourth-order valence-electron chi connectivity index (χ4n) is 1.03. The maximum Gasteiger partial charge on any atom is 0.333 e. The molecule has 0 saturated heterocycles. The Morgan fingerprint density at radius 1 is 1.31 bits per heavy atom. The third kappa shape index (κ3) is 1.33. The van der Waals surface area contributed by atoms with Crippen LogP contribution in [0.5, 0.6) is 0 Å². The number of nitrogens with zero attached hydrogens (tertiary/aromatic N) is 1. The molecule has 0 unspecified atom stereocenters. The topological polar surface area (TPSA) is 54.9 Å². The number of hydrogen-bond donors (Lipinski definition) is 1. The molecule has 0 fully saturated rings. The highest BCUT2D eigenvalue weighted by molar-refractivity contribution is 7.12. The molecule has 0 radical (unpaired) electrons. The standard InChI is InChI=1S/C8H6N2O2S/c11-6-3-4-9-8(12)10(6)7-2-1-5-13-7/h1-5H,(H,9,12). The molecule has 13 heavy (non-hydrogen) atoms. The lowest BCUT2D eigenvalue weighted by molar-refractivity contribution is 0.890. The molecule has 66 valence electrons. The molecule has 2 rings (SSSR count). The summed E-state index contributed by atoms with van der Waals surface area (Å²) in [6.45, 7) is 0. The van der Waals surface area contributed by atoms with Crippen LogP contribution in [0.4, 0.5) is 0 Å². The van der Waals surface area contributed by atoms with Gasteiger partial charge in [-0.3, -0.25) is 4.79 Å². The van der Waals surface area contributed by atoms with Gasteiger partial charge in [0.1, 0.15) is 5.00 Å². The van der Waals surface area contributed by atoms with Crippen molar-refractivity contribution in [3.05, 3.63) is 50.6 Å². The van der Waals surface area contributed by atoms with Gasteiger partial charge >= 0.3 is 5.69 Å². The Labute approximate surface area is 77.1 Å². The quantitative estimate of drug-likeness (QED) is 0.722. The zero-order chi connectivity index (χ0) is 9.26. The second-order valence-electron chi connectivity index (χ2n) is 2.41. The van der Waals surface area contributed by atoms with Gasteiger partial charge in [-0.25, -0.2) is 9.36 Å². The van der Waals surface area contributed by atoms with E-state index in [2.05, 4.69) is 4.98 Å². The van der Waals surface area contributed by atoms with Crippen LogP contribution in [0.2, 0.25) is 0 Å². The van der Waals surface area contributed by atoms with E-state index in [-0.39, 0.29) is 5.56 Å². The molecule has 0 saturated carbocycles. The summed E-state index contributed by atoms with van der Waals surface area (Å²) >= 11 is 1.35. The van der Waals surface area contributed by atoms with Crippen molar-refractivity contribution in [1.82, 2.24) is 9.55 Å². The summed E-state index contributed by atoms with van der Waals surface area (Å²) in [7, 11) is 0. The fraction of sp³-hybridized carbons (Fsp3) is 0. The molecule has 0 atom stereocenters. The Kier molecular flexibility index (Phi) is 1.86. The van der Waals surface area contributed by atoms with Crippen LogP contribution >= 0.6 is 11.3 Å². The van der Waals surface area contributed by atoms with Crippen LogP contribution in [-0.2, 0) is 0 Å². The average Bonchev–Trinajstić information content (AvgIpc) is 2.57. The smallest absolute Gasteiger partial charge is 0.314 e. The van der Waals surface area contributed by atoms with Gasteiger partial charge in [0, 0.05) is 12.3 Å². The SMILES string of the molecule is O=c1cc[nH]c(=O)n1-c1cccs1. The highest BCUT2D eigenvalue weighted by Gasteiger charge is 2.02. The van der Waals surface area contributed by atoms with Crippen LogP contribution in [0.25, 0.3) is 5.00 Å². The second kappa shape index (κ2) is 3.02. The van der Waals surface area contributed by atoms with Gasteiger partial charge in [-0.05, 0) is 17.5 Å². The van der Waals surface area contributed by atoms with E-state index in [0.29, 0.717) is 5.00 Å². The van der Waals surface area contributed by atoms with E-state index in [1.165, 1.54) is 23.6 Å². The van der Waals surface area contributed by atoms with Crippen molar-refractivity contribution in [2.45, 2.75) is 0 Å². The van der Waals surface area contributed by atoms with Gasteiger partial charge in [0.25, 0.3) is 5.56 Å².